The third-order valence-corrected chi connectivity index (χ3v) is 5.15. The Balaban J connectivity index is 1.88. The van der Waals surface area contributed by atoms with E-state index in [1.165, 1.54) is 31.0 Å². The number of carbonyl (C=O) groups excluding carboxylic acids is 2. The van der Waals surface area contributed by atoms with E-state index in [1.54, 1.807) is 60.7 Å². The van der Waals surface area contributed by atoms with Crippen molar-refractivity contribution in [3.05, 3.63) is 102 Å². The second kappa shape index (κ2) is 9.99. The van der Waals surface area contributed by atoms with Gasteiger partial charge in [0, 0.05) is 5.56 Å². The molecule has 0 saturated heterocycles. The Labute approximate surface area is 195 Å². The lowest BCUT2D eigenvalue weighted by Crippen LogP contribution is -2.15. The molecule has 0 unspecified atom stereocenters. The Morgan fingerprint density at radius 3 is 2.21 bits per heavy atom. The molecule has 0 amide bonds. The van der Waals surface area contributed by atoms with E-state index < -0.39 is 17.8 Å². The zero-order valence-electron chi connectivity index (χ0n) is 18.5. The van der Waals surface area contributed by atoms with Crippen molar-refractivity contribution in [2.45, 2.75) is 6.61 Å². The summed E-state index contributed by atoms with van der Waals surface area (Å²) < 4.78 is 31.0. The zero-order chi connectivity index (χ0) is 24.1. The van der Waals surface area contributed by atoms with Crippen LogP contribution in [-0.2, 0) is 16.1 Å². The van der Waals surface area contributed by atoms with Gasteiger partial charge >= 0.3 is 11.9 Å². The number of para-hydroxylation sites is 2. The molecular formula is C26H21FN2O5. The van der Waals surface area contributed by atoms with E-state index in [2.05, 4.69) is 5.10 Å². The van der Waals surface area contributed by atoms with Crippen molar-refractivity contribution in [2.24, 2.45) is 0 Å². The van der Waals surface area contributed by atoms with Gasteiger partial charge in [0.05, 0.1) is 19.9 Å². The van der Waals surface area contributed by atoms with E-state index in [-0.39, 0.29) is 29.3 Å². The van der Waals surface area contributed by atoms with E-state index in [1.807, 2.05) is 6.07 Å². The molecule has 0 aliphatic heterocycles. The molecule has 1 aromatic heterocycles. The number of hydrogen-bond acceptors (Lipinski definition) is 6. The van der Waals surface area contributed by atoms with E-state index in [0.717, 1.165) is 0 Å². The summed E-state index contributed by atoms with van der Waals surface area (Å²) in [6.07, 6.45) is 0. The predicted molar refractivity (Wildman–Crippen MR) is 122 cm³/mol. The molecular weight excluding hydrogens is 439 g/mol. The van der Waals surface area contributed by atoms with Crippen molar-refractivity contribution in [1.29, 1.82) is 0 Å². The second-order valence-electron chi connectivity index (χ2n) is 7.18. The van der Waals surface area contributed by atoms with Gasteiger partial charge in [0.25, 0.3) is 0 Å². The first-order valence-corrected chi connectivity index (χ1v) is 10.4. The smallest absolute Gasteiger partial charge is 0.357 e. The van der Waals surface area contributed by atoms with E-state index in [4.69, 9.17) is 14.2 Å². The molecule has 172 valence electrons. The van der Waals surface area contributed by atoms with Gasteiger partial charge in [-0.3, -0.25) is 0 Å². The third kappa shape index (κ3) is 4.38. The minimum atomic E-state index is -0.748. The maximum Gasteiger partial charge on any atom is 0.357 e. The molecule has 0 radical (unpaired) electrons. The summed E-state index contributed by atoms with van der Waals surface area (Å²) in [4.78, 5) is 25.6. The number of rotatable bonds is 7. The summed E-state index contributed by atoms with van der Waals surface area (Å²) >= 11 is 0. The number of hydrogen-bond donors (Lipinski definition) is 0. The summed E-state index contributed by atoms with van der Waals surface area (Å²) in [5.74, 6) is -1.89. The number of halogens is 1. The minimum Gasteiger partial charge on any atom is -0.486 e. The fraction of sp³-hybridized carbons (Fsp3) is 0.115. The van der Waals surface area contributed by atoms with E-state index in [9.17, 15) is 14.0 Å². The van der Waals surface area contributed by atoms with Crippen molar-refractivity contribution in [3.8, 4) is 22.7 Å². The average molecular weight is 460 g/mol. The number of nitrogens with zero attached hydrogens (tertiary/aromatic N) is 2. The van der Waals surface area contributed by atoms with Gasteiger partial charge in [0.15, 0.2) is 17.3 Å². The van der Waals surface area contributed by atoms with Gasteiger partial charge in [0.2, 0.25) is 0 Å². The van der Waals surface area contributed by atoms with Crippen LogP contribution in [0, 0.1) is 5.82 Å². The van der Waals surface area contributed by atoms with Crippen molar-refractivity contribution < 1.29 is 28.2 Å². The Kier molecular flexibility index (Phi) is 6.68. The second-order valence-corrected chi connectivity index (χ2v) is 7.18. The fourth-order valence-electron chi connectivity index (χ4n) is 3.54. The van der Waals surface area contributed by atoms with Gasteiger partial charge in [-0.15, -0.1) is 0 Å². The first-order valence-electron chi connectivity index (χ1n) is 10.4. The SMILES string of the molecule is COC(=O)c1c(-c2ccccc2COc2ccccc2F)nn(-c2ccccc2)c1C(=O)OC. The van der Waals surface area contributed by atoms with Gasteiger partial charge < -0.3 is 14.2 Å². The molecule has 3 aromatic carbocycles. The molecule has 34 heavy (non-hydrogen) atoms. The van der Waals surface area contributed by atoms with Crippen LogP contribution < -0.4 is 4.74 Å². The van der Waals surface area contributed by atoms with Gasteiger partial charge in [0.1, 0.15) is 17.9 Å². The fourth-order valence-corrected chi connectivity index (χ4v) is 3.54. The van der Waals surface area contributed by atoms with Crippen LogP contribution in [0.1, 0.15) is 26.4 Å². The normalized spacial score (nSPS) is 10.6. The molecule has 4 aromatic rings. The Hall–Kier alpha value is -4.46. The Bertz CT molecular complexity index is 1330. The standard InChI is InChI=1S/C26H21FN2O5/c1-32-25(30)22-23(28-29(24(22)26(31)33-2)18-11-4-3-5-12-18)19-13-7-6-10-17(19)16-34-21-15-9-8-14-20(21)27/h3-15H,16H2,1-2H3. The number of methoxy groups -OCH3 is 2. The molecule has 4 rings (SSSR count). The van der Waals surface area contributed by atoms with Gasteiger partial charge in [-0.2, -0.15) is 5.10 Å². The first-order chi connectivity index (χ1) is 16.5. The van der Waals surface area contributed by atoms with E-state index >= 15 is 0 Å². The molecule has 0 aliphatic carbocycles. The van der Waals surface area contributed by atoms with Crippen molar-refractivity contribution in [3.63, 3.8) is 0 Å². The summed E-state index contributed by atoms with van der Waals surface area (Å²) in [5.41, 5.74) is 1.81. The number of aromatic nitrogens is 2. The summed E-state index contributed by atoms with van der Waals surface area (Å²) in [6, 6.07) is 22.0. The Morgan fingerprint density at radius 2 is 1.50 bits per heavy atom. The average Bonchev–Trinajstić information content (AvgIpc) is 3.28. The lowest BCUT2D eigenvalue weighted by atomic mass is 10.0. The van der Waals surface area contributed by atoms with Crippen LogP contribution in [0.2, 0.25) is 0 Å². The molecule has 1 heterocycles. The van der Waals surface area contributed by atoms with Crippen LogP contribution in [-0.4, -0.2) is 35.9 Å². The van der Waals surface area contributed by atoms with Gasteiger partial charge in [-0.05, 0) is 29.8 Å². The van der Waals surface area contributed by atoms with E-state index in [0.29, 0.717) is 16.8 Å². The molecule has 0 saturated carbocycles. The lowest BCUT2D eigenvalue weighted by Gasteiger charge is -2.11. The predicted octanol–water partition coefficient (Wildman–Crippen LogP) is 4.83. The molecule has 0 N–H and O–H groups in total. The number of ether oxygens (including phenoxy) is 3. The van der Waals surface area contributed by atoms with Crippen LogP contribution in [0.4, 0.5) is 4.39 Å². The maximum absolute atomic E-state index is 14.1. The highest BCUT2D eigenvalue weighted by Gasteiger charge is 2.32. The molecule has 0 atom stereocenters. The number of benzene rings is 3. The molecule has 0 spiro atoms. The molecule has 0 aliphatic rings. The zero-order valence-corrected chi connectivity index (χ0v) is 18.5. The number of carbonyl (C=O) groups is 2. The van der Waals surface area contributed by atoms with Gasteiger partial charge in [-0.1, -0.05) is 54.6 Å². The molecule has 0 fully saturated rings. The maximum atomic E-state index is 14.1. The highest BCUT2D eigenvalue weighted by molar-refractivity contribution is 6.07. The van der Waals surface area contributed by atoms with Crippen LogP contribution in [0.15, 0.2) is 78.9 Å². The van der Waals surface area contributed by atoms with Crippen LogP contribution in [0.25, 0.3) is 16.9 Å². The van der Waals surface area contributed by atoms with Crippen molar-refractivity contribution in [2.75, 3.05) is 14.2 Å². The first kappa shape index (κ1) is 22.7. The molecule has 0 bridgehead atoms. The minimum absolute atomic E-state index is 0.00345. The van der Waals surface area contributed by atoms with Crippen LogP contribution >= 0.6 is 0 Å². The number of esters is 2. The molecule has 8 heteroatoms. The topological polar surface area (TPSA) is 79.7 Å². The summed E-state index contributed by atoms with van der Waals surface area (Å²) in [5, 5.41) is 4.61. The van der Waals surface area contributed by atoms with Gasteiger partial charge in [-0.25, -0.2) is 18.7 Å². The monoisotopic (exact) mass is 460 g/mol. The highest BCUT2D eigenvalue weighted by Crippen LogP contribution is 2.32. The van der Waals surface area contributed by atoms with Crippen molar-refractivity contribution >= 4 is 11.9 Å². The Morgan fingerprint density at radius 1 is 0.853 bits per heavy atom. The lowest BCUT2D eigenvalue weighted by molar-refractivity contribution is 0.0549. The third-order valence-electron chi connectivity index (χ3n) is 5.15. The summed E-state index contributed by atoms with van der Waals surface area (Å²) in [7, 11) is 2.45. The van der Waals surface area contributed by atoms with Crippen LogP contribution in [0.5, 0.6) is 5.75 Å². The molecule has 7 nitrogen and oxygen atoms in total. The van der Waals surface area contributed by atoms with Crippen molar-refractivity contribution in [1.82, 2.24) is 9.78 Å². The summed E-state index contributed by atoms with van der Waals surface area (Å²) in [6.45, 7) is 0.00345. The quantitative estimate of drug-likeness (QED) is 0.368. The highest BCUT2D eigenvalue weighted by atomic mass is 19.1. The largest absolute Gasteiger partial charge is 0.486 e. The van der Waals surface area contributed by atoms with Crippen LogP contribution in [0.3, 0.4) is 0 Å².